The molecule has 0 fully saturated rings. The van der Waals surface area contributed by atoms with Crippen molar-refractivity contribution < 1.29 is 21.9 Å². The van der Waals surface area contributed by atoms with Gasteiger partial charge in [-0.2, -0.15) is 0 Å². The van der Waals surface area contributed by atoms with Crippen LogP contribution in [0.1, 0.15) is 37.5 Å². The highest BCUT2D eigenvalue weighted by molar-refractivity contribution is 5.77. The number of ether oxygens (including phenoxy) is 2. The second-order valence-corrected chi connectivity index (χ2v) is 5.49. The maximum Gasteiger partial charge on any atom is 0.407 e. The molecule has 0 aliphatic carbocycles. The van der Waals surface area contributed by atoms with E-state index in [1.54, 1.807) is 20.8 Å². The van der Waals surface area contributed by atoms with Crippen molar-refractivity contribution in [1.29, 1.82) is 0 Å². The molecule has 2 amide bonds. The van der Waals surface area contributed by atoms with Crippen molar-refractivity contribution in [3.63, 3.8) is 0 Å². The summed E-state index contributed by atoms with van der Waals surface area (Å²) in [6.07, 6.45) is -0.454. The molecule has 0 aliphatic rings. The number of rotatable bonds is 7. The van der Waals surface area contributed by atoms with Gasteiger partial charge in [0.2, 0.25) is 5.91 Å². The fourth-order valence-corrected chi connectivity index (χ4v) is 1.09. The first-order chi connectivity index (χ1) is 8.72. The number of hydrogen-bond donors (Lipinski definition) is 2. The van der Waals surface area contributed by atoms with Gasteiger partial charge in [-0.15, -0.1) is 0 Å². The number of alkyl carbamates (subject to hydrolysis) is 1. The van der Waals surface area contributed by atoms with Crippen LogP contribution in [-0.2, 0) is 14.3 Å². The molecule has 0 aromatic rings. The Balaban J connectivity index is -0.00000162. The Morgan fingerprint density at radius 2 is 1.63 bits per heavy atom. The molecule has 19 heavy (non-hydrogen) atoms. The molecule has 0 aromatic heterocycles. The summed E-state index contributed by atoms with van der Waals surface area (Å²) in [7, 11) is 0. The van der Waals surface area contributed by atoms with Gasteiger partial charge in [0, 0.05) is 21.9 Å². The molecule has 116 valence electrons. The molecule has 0 aliphatic heterocycles. The number of carbonyl (C=O) groups excluding carboxylic acids is 2. The third kappa shape index (κ3) is 11.5. The number of amides is 2. The zero-order valence-electron chi connectivity index (χ0n) is 12.5. The smallest absolute Gasteiger partial charge is 0.407 e. The van der Waals surface area contributed by atoms with Crippen LogP contribution in [0.5, 0.6) is 0 Å². The van der Waals surface area contributed by atoms with Crippen LogP contribution in [0, 0.1) is 5.92 Å². The van der Waals surface area contributed by atoms with E-state index in [0.29, 0.717) is 26.3 Å². The minimum Gasteiger partial charge on any atom is -0.444 e. The van der Waals surface area contributed by atoms with E-state index >= 15 is 0 Å². The fourth-order valence-electron chi connectivity index (χ4n) is 1.09. The molecular formula is C13H30N2O4. The molecule has 0 atom stereocenters. The van der Waals surface area contributed by atoms with E-state index in [4.69, 9.17) is 9.47 Å². The molecule has 6 nitrogen and oxygen atoms in total. The van der Waals surface area contributed by atoms with Crippen LogP contribution in [0.3, 0.4) is 0 Å². The van der Waals surface area contributed by atoms with Gasteiger partial charge in [0.05, 0.1) is 13.2 Å². The molecule has 6 heteroatoms. The number of carbonyl (C=O) groups is 2. The van der Waals surface area contributed by atoms with Crippen molar-refractivity contribution in [1.82, 2.24) is 10.6 Å². The van der Waals surface area contributed by atoms with E-state index in [9.17, 15) is 9.59 Å². The second kappa shape index (κ2) is 8.74. The van der Waals surface area contributed by atoms with Gasteiger partial charge in [-0.1, -0.05) is 13.8 Å². The first kappa shape index (κ1) is 17.7. The van der Waals surface area contributed by atoms with Crippen LogP contribution in [0.25, 0.3) is 0 Å². The van der Waals surface area contributed by atoms with Crippen molar-refractivity contribution in [2.45, 2.75) is 40.2 Å². The van der Waals surface area contributed by atoms with E-state index in [2.05, 4.69) is 10.6 Å². The van der Waals surface area contributed by atoms with Gasteiger partial charge in [-0.05, 0) is 20.8 Å². The van der Waals surface area contributed by atoms with E-state index < -0.39 is 11.7 Å². The molecular weight excluding hydrogens is 248 g/mol. The van der Waals surface area contributed by atoms with Gasteiger partial charge >= 0.3 is 6.09 Å². The van der Waals surface area contributed by atoms with Gasteiger partial charge in [0.25, 0.3) is 0 Å². The summed E-state index contributed by atoms with van der Waals surface area (Å²) in [4.78, 5) is 22.5. The minimum absolute atomic E-state index is 0. The summed E-state index contributed by atoms with van der Waals surface area (Å²) in [6, 6.07) is 0. The van der Waals surface area contributed by atoms with Crippen LogP contribution < -0.4 is 10.6 Å². The van der Waals surface area contributed by atoms with E-state index in [1.807, 2.05) is 13.8 Å². The second-order valence-electron chi connectivity index (χ2n) is 5.49. The van der Waals surface area contributed by atoms with Crippen molar-refractivity contribution >= 4 is 12.0 Å². The molecule has 0 bridgehead atoms. The summed E-state index contributed by atoms with van der Waals surface area (Å²) in [6.45, 7) is 10.8. The van der Waals surface area contributed by atoms with Crippen LogP contribution >= 0.6 is 0 Å². The third-order valence-electron chi connectivity index (χ3n) is 1.98. The standard InChI is InChI=1S/C13H26N2O4.2H2/c1-10(2)11(16)14-6-8-18-9-7-15-12(17)19-13(3,4)5;;/h10H,6-9H2,1-5H3,(H,14,16)(H,15,17);2*1H. The molecule has 0 heterocycles. The summed E-state index contributed by atoms with van der Waals surface area (Å²) in [5.74, 6) is -0.00989. The van der Waals surface area contributed by atoms with Gasteiger partial charge in [-0.25, -0.2) is 4.79 Å². The zero-order chi connectivity index (χ0) is 14.9. The summed E-state index contributed by atoms with van der Waals surface area (Å²) in [5, 5.41) is 5.32. The third-order valence-corrected chi connectivity index (χ3v) is 1.98. The Bertz CT molecular complexity index is 294. The lowest BCUT2D eigenvalue weighted by molar-refractivity contribution is -0.124. The molecule has 0 saturated heterocycles. The largest absolute Gasteiger partial charge is 0.444 e. The lowest BCUT2D eigenvalue weighted by atomic mass is 10.2. The van der Waals surface area contributed by atoms with Crippen molar-refractivity contribution in [3.8, 4) is 0 Å². The monoisotopic (exact) mass is 278 g/mol. The Hall–Kier alpha value is -1.30. The van der Waals surface area contributed by atoms with E-state index in [1.165, 1.54) is 0 Å². The lowest BCUT2D eigenvalue weighted by Gasteiger charge is -2.19. The maximum atomic E-state index is 11.3. The normalized spacial score (nSPS) is 11.3. The van der Waals surface area contributed by atoms with Crippen LogP contribution in [0.4, 0.5) is 4.79 Å². The molecule has 0 unspecified atom stereocenters. The average molecular weight is 278 g/mol. The molecule has 0 aromatic carbocycles. The van der Waals surface area contributed by atoms with Gasteiger partial charge in [-0.3, -0.25) is 4.79 Å². The Morgan fingerprint density at radius 1 is 1.11 bits per heavy atom. The quantitative estimate of drug-likeness (QED) is 0.696. The van der Waals surface area contributed by atoms with Crippen molar-refractivity contribution in [2.75, 3.05) is 26.3 Å². The molecule has 0 radical (unpaired) electrons. The maximum absolute atomic E-state index is 11.3. The Morgan fingerprint density at radius 3 is 2.11 bits per heavy atom. The molecule has 0 saturated carbocycles. The fraction of sp³-hybridized carbons (Fsp3) is 0.846. The zero-order valence-corrected chi connectivity index (χ0v) is 12.5. The molecule has 0 rings (SSSR count). The first-order valence-electron chi connectivity index (χ1n) is 6.54. The van der Waals surface area contributed by atoms with Crippen LogP contribution in [0.15, 0.2) is 0 Å². The van der Waals surface area contributed by atoms with Crippen LogP contribution in [0.2, 0.25) is 0 Å². The molecule has 0 spiro atoms. The average Bonchev–Trinajstić information content (AvgIpc) is 2.24. The van der Waals surface area contributed by atoms with Gasteiger partial charge < -0.3 is 20.1 Å². The Kier molecular flexibility index (Phi) is 8.14. The Labute approximate surface area is 118 Å². The molecule has 2 N–H and O–H groups in total. The SMILES string of the molecule is CC(C)C(=O)NCCOCCNC(=O)OC(C)(C)C.[HH].[HH]. The van der Waals surface area contributed by atoms with Gasteiger partial charge in [0.15, 0.2) is 0 Å². The summed E-state index contributed by atoms with van der Waals surface area (Å²) >= 11 is 0. The van der Waals surface area contributed by atoms with Crippen LogP contribution in [-0.4, -0.2) is 43.9 Å². The van der Waals surface area contributed by atoms with E-state index in [0.717, 1.165) is 0 Å². The van der Waals surface area contributed by atoms with E-state index in [-0.39, 0.29) is 14.7 Å². The van der Waals surface area contributed by atoms with Crippen molar-refractivity contribution in [2.24, 2.45) is 5.92 Å². The lowest BCUT2D eigenvalue weighted by Crippen LogP contribution is -2.35. The minimum atomic E-state index is -0.494. The number of nitrogens with one attached hydrogen (secondary N) is 2. The summed E-state index contributed by atoms with van der Waals surface area (Å²) in [5.41, 5.74) is -0.494. The van der Waals surface area contributed by atoms with Crippen molar-refractivity contribution in [3.05, 3.63) is 0 Å². The number of hydrogen-bond acceptors (Lipinski definition) is 4. The predicted molar refractivity (Wildman–Crippen MR) is 77.1 cm³/mol. The first-order valence-corrected chi connectivity index (χ1v) is 6.54. The summed E-state index contributed by atoms with van der Waals surface area (Å²) < 4.78 is 10.3. The highest BCUT2D eigenvalue weighted by Gasteiger charge is 2.15. The predicted octanol–water partition coefficient (Wildman–Crippen LogP) is 1.79. The highest BCUT2D eigenvalue weighted by Crippen LogP contribution is 2.05. The highest BCUT2D eigenvalue weighted by atomic mass is 16.6. The topological polar surface area (TPSA) is 76.7 Å². The van der Waals surface area contributed by atoms with Gasteiger partial charge in [0.1, 0.15) is 5.60 Å².